The molecule has 0 aliphatic rings. The van der Waals surface area contributed by atoms with E-state index in [9.17, 15) is 0 Å². The van der Waals surface area contributed by atoms with Gasteiger partial charge < -0.3 is 8.97 Å². The molecule has 0 N–H and O–H groups in total. The zero-order valence-electron chi connectivity index (χ0n) is 13.7. The lowest BCUT2D eigenvalue weighted by Crippen LogP contribution is -1.95. The molecule has 4 aromatic rings. The van der Waals surface area contributed by atoms with Crippen LogP contribution in [0.15, 0.2) is 41.1 Å². The molecule has 0 saturated heterocycles. The highest BCUT2D eigenvalue weighted by Gasteiger charge is 2.15. The van der Waals surface area contributed by atoms with E-state index in [-0.39, 0.29) is 0 Å². The van der Waals surface area contributed by atoms with Crippen LogP contribution in [-0.4, -0.2) is 24.1 Å². The highest BCUT2D eigenvalue weighted by Crippen LogP contribution is 2.31. The van der Waals surface area contributed by atoms with Gasteiger partial charge in [0.15, 0.2) is 11.0 Å². The second-order valence-corrected chi connectivity index (χ2v) is 7.71. The van der Waals surface area contributed by atoms with Gasteiger partial charge in [0.2, 0.25) is 0 Å². The largest absolute Gasteiger partial charge is 0.307 e. The van der Waals surface area contributed by atoms with Crippen LogP contribution < -0.4 is 0 Å². The van der Waals surface area contributed by atoms with Crippen molar-refractivity contribution in [3.8, 4) is 11.4 Å². The third-order valence-corrected chi connectivity index (χ3v) is 6.19. The van der Waals surface area contributed by atoms with Gasteiger partial charge in [-0.25, -0.2) is 4.98 Å². The molecule has 0 unspecified atom stereocenters. The first-order chi connectivity index (χ1) is 11.6. The maximum absolute atomic E-state index is 4.63. The van der Waals surface area contributed by atoms with Gasteiger partial charge in [0.25, 0.3) is 0 Å². The number of rotatable bonds is 4. The Labute approximate surface area is 148 Å². The van der Waals surface area contributed by atoms with E-state index >= 15 is 0 Å². The van der Waals surface area contributed by atoms with Crippen molar-refractivity contribution in [1.82, 2.24) is 24.1 Å². The van der Waals surface area contributed by atoms with Crippen LogP contribution in [-0.2, 0) is 12.8 Å². The van der Waals surface area contributed by atoms with E-state index in [2.05, 4.69) is 45.2 Å². The van der Waals surface area contributed by atoms with Crippen LogP contribution in [0, 0.1) is 13.8 Å². The van der Waals surface area contributed by atoms with Crippen LogP contribution in [0.3, 0.4) is 0 Å². The summed E-state index contributed by atoms with van der Waals surface area (Å²) in [6.45, 7) is 4.28. The minimum atomic E-state index is 0.773. The molecule has 4 aromatic heterocycles. The first-order valence-electron chi connectivity index (χ1n) is 7.63. The molecular weight excluding hydrogens is 338 g/mol. The molecule has 0 fully saturated rings. The number of hydrogen-bond acceptors (Lipinski definition) is 5. The number of imidazole rings is 1. The van der Waals surface area contributed by atoms with E-state index in [0.29, 0.717) is 0 Å². The first-order valence-corrected chi connectivity index (χ1v) is 9.50. The number of aryl methyl sites for hydroxylation is 1. The summed E-state index contributed by atoms with van der Waals surface area (Å²) in [5.41, 5.74) is 4.47. The third kappa shape index (κ3) is 2.63. The molecule has 4 rings (SSSR count). The van der Waals surface area contributed by atoms with Gasteiger partial charge in [-0.15, -0.1) is 21.5 Å². The maximum atomic E-state index is 4.63. The molecule has 0 saturated carbocycles. The Morgan fingerprint density at radius 3 is 2.83 bits per heavy atom. The normalized spacial score (nSPS) is 11.5. The van der Waals surface area contributed by atoms with Gasteiger partial charge in [-0.05, 0) is 31.5 Å². The van der Waals surface area contributed by atoms with Crippen molar-refractivity contribution in [2.24, 2.45) is 7.05 Å². The Kier molecular flexibility index (Phi) is 3.90. The second-order valence-electron chi connectivity index (χ2n) is 5.68. The fourth-order valence-electron chi connectivity index (χ4n) is 2.60. The number of pyridine rings is 1. The van der Waals surface area contributed by atoms with Crippen LogP contribution in [0.2, 0.25) is 0 Å². The SMILES string of the molecule is Cc1scc(-c2nnc(SCc3cn4ccccc4n3)n2C)c1C. The van der Waals surface area contributed by atoms with Crippen molar-refractivity contribution in [3.63, 3.8) is 0 Å². The fourth-order valence-corrected chi connectivity index (χ4v) is 4.26. The van der Waals surface area contributed by atoms with Crippen molar-refractivity contribution in [2.75, 3.05) is 0 Å². The van der Waals surface area contributed by atoms with E-state index in [4.69, 9.17) is 0 Å². The van der Waals surface area contributed by atoms with Gasteiger partial charge in [-0.2, -0.15) is 0 Å². The van der Waals surface area contributed by atoms with Crippen molar-refractivity contribution >= 4 is 28.7 Å². The average Bonchev–Trinajstić information content (AvgIpc) is 3.24. The minimum Gasteiger partial charge on any atom is -0.307 e. The zero-order chi connectivity index (χ0) is 16.7. The summed E-state index contributed by atoms with van der Waals surface area (Å²) < 4.78 is 4.10. The van der Waals surface area contributed by atoms with Gasteiger partial charge in [-0.1, -0.05) is 17.8 Å². The molecule has 0 aliphatic heterocycles. The quantitative estimate of drug-likeness (QED) is 0.517. The molecule has 0 spiro atoms. The monoisotopic (exact) mass is 355 g/mol. The number of hydrogen-bond donors (Lipinski definition) is 0. The molecule has 0 atom stereocenters. The molecule has 7 heteroatoms. The molecule has 0 bridgehead atoms. The van der Waals surface area contributed by atoms with E-state index in [1.54, 1.807) is 23.1 Å². The number of fused-ring (bicyclic) bond motifs is 1. The van der Waals surface area contributed by atoms with Crippen molar-refractivity contribution < 1.29 is 0 Å². The molecule has 4 heterocycles. The molecule has 0 aliphatic carbocycles. The zero-order valence-corrected chi connectivity index (χ0v) is 15.4. The fraction of sp³-hybridized carbons (Fsp3) is 0.235. The van der Waals surface area contributed by atoms with E-state index in [1.165, 1.54) is 16.0 Å². The molecule has 0 amide bonds. The lowest BCUT2D eigenvalue weighted by Gasteiger charge is -2.03. The Hall–Kier alpha value is -2.12. The van der Waals surface area contributed by atoms with Crippen molar-refractivity contribution in [1.29, 1.82) is 0 Å². The first kappa shape index (κ1) is 15.4. The highest BCUT2D eigenvalue weighted by molar-refractivity contribution is 7.98. The van der Waals surface area contributed by atoms with Gasteiger partial charge >= 0.3 is 0 Å². The molecule has 5 nitrogen and oxygen atoms in total. The van der Waals surface area contributed by atoms with E-state index in [0.717, 1.165) is 28.1 Å². The van der Waals surface area contributed by atoms with Crippen molar-refractivity contribution in [2.45, 2.75) is 24.8 Å². The Balaban J connectivity index is 1.56. The second kappa shape index (κ2) is 6.07. The predicted octanol–water partition coefficient (Wildman–Crippen LogP) is 4.10. The van der Waals surface area contributed by atoms with Gasteiger partial charge in [-0.3, -0.25) is 0 Å². The highest BCUT2D eigenvalue weighted by atomic mass is 32.2. The van der Waals surface area contributed by atoms with Gasteiger partial charge in [0, 0.05) is 41.0 Å². The van der Waals surface area contributed by atoms with Crippen LogP contribution in [0.25, 0.3) is 17.0 Å². The minimum absolute atomic E-state index is 0.773. The Morgan fingerprint density at radius 2 is 2.08 bits per heavy atom. The van der Waals surface area contributed by atoms with Crippen LogP contribution in [0.4, 0.5) is 0 Å². The number of aromatic nitrogens is 5. The maximum Gasteiger partial charge on any atom is 0.191 e. The van der Waals surface area contributed by atoms with E-state index in [1.807, 2.05) is 35.8 Å². The summed E-state index contributed by atoms with van der Waals surface area (Å²) in [6.07, 6.45) is 4.07. The lowest BCUT2D eigenvalue weighted by molar-refractivity contribution is 0.793. The average molecular weight is 355 g/mol. The van der Waals surface area contributed by atoms with Gasteiger partial charge in [0.05, 0.1) is 5.69 Å². The number of thioether (sulfide) groups is 1. The van der Waals surface area contributed by atoms with Crippen LogP contribution in [0.5, 0.6) is 0 Å². The smallest absolute Gasteiger partial charge is 0.191 e. The van der Waals surface area contributed by atoms with E-state index < -0.39 is 0 Å². The Bertz CT molecular complexity index is 978. The lowest BCUT2D eigenvalue weighted by atomic mass is 10.2. The predicted molar refractivity (Wildman–Crippen MR) is 98.5 cm³/mol. The summed E-state index contributed by atoms with van der Waals surface area (Å²) >= 11 is 3.42. The molecule has 122 valence electrons. The molecular formula is C17H17N5S2. The topological polar surface area (TPSA) is 48.0 Å². The summed E-state index contributed by atoms with van der Waals surface area (Å²) in [7, 11) is 2.02. The van der Waals surface area contributed by atoms with Crippen LogP contribution in [0.1, 0.15) is 16.1 Å². The number of thiophene rings is 1. The van der Waals surface area contributed by atoms with Crippen LogP contribution >= 0.6 is 23.1 Å². The van der Waals surface area contributed by atoms with Crippen molar-refractivity contribution in [3.05, 3.63) is 52.1 Å². The summed E-state index contributed by atoms with van der Waals surface area (Å²) in [5.74, 6) is 1.70. The summed E-state index contributed by atoms with van der Waals surface area (Å²) in [4.78, 5) is 5.95. The molecule has 0 aromatic carbocycles. The Morgan fingerprint density at radius 1 is 1.21 bits per heavy atom. The summed E-state index contributed by atoms with van der Waals surface area (Å²) in [5, 5.41) is 11.8. The summed E-state index contributed by atoms with van der Waals surface area (Å²) in [6, 6.07) is 6.02. The standard InChI is InChI=1S/C17H17N5S2/c1-11-12(2)23-10-14(11)16-19-20-17(21(16)3)24-9-13-8-22-7-5-4-6-15(22)18-13/h4-8,10H,9H2,1-3H3. The molecule has 24 heavy (non-hydrogen) atoms. The van der Waals surface area contributed by atoms with Gasteiger partial charge in [0.1, 0.15) is 5.65 Å². The number of nitrogens with zero attached hydrogens (tertiary/aromatic N) is 5. The molecule has 0 radical (unpaired) electrons. The third-order valence-electron chi connectivity index (χ3n) is 4.12.